The van der Waals surface area contributed by atoms with Crippen LogP contribution in [0.1, 0.15) is 6.92 Å². The minimum Gasteiger partial charge on any atom is -0.290 e. The van der Waals surface area contributed by atoms with E-state index >= 15 is 0 Å². The predicted octanol–water partition coefficient (Wildman–Crippen LogP) is 1.74. The standard InChI is InChI=1S/C7H12I2N2/c1-6(8)10-2-7(3-10)4-11(9)5-7/h6H,2-5H2,1H3. The van der Waals surface area contributed by atoms with Crippen LogP contribution in [0.5, 0.6) is 0 Å². The minimum atomic E-state index is 0.709. The molecule has 2 aliphatic heterocycles. The number of alkyl halides is 1. The summed E-state index contributed by atoms with van der Waals surface area (Å²) in [4.78, 5) is 2.55. The summed E-state index contributed by atoms with van der Waals surface area (Å²) in [5.41, 5.74) is 0.709. The zero-order valence-electron chi connectivity index (χ0n) is 6.56. The Bertz CT molecular complexity index is 158. The largest absolute Gasteiger partial charge is 0.290 e. The van der Waals surface area contributed by atoms with Crippen molar-refractivity contribution in [2.75, 3.05) is 26.2 Å². The lowest BCUT2D eigenvalue weighted by Crippen LogP contribution is -2.70. The molecule has 0 amide bonds. The minimum absolute atomic E-state index is 0.709. The molecule has 1 unspecified atom stereocenters. The smallest absolute Gasteiger partial charge is 0.0590 e. The van der Waals surface area contributed by atoms with Crippen molar-refractivity contribution in [3.8, 4) is 0 Å². The van der Waals surface area contributed by atoms with Gasteiger partial charge in [-0.3, -0.25) is 4.90 Å². The Hall–Kier alpha value is 1.38. The topological polar surface area (TPSA) is 6.48 Å². The number of likely N-dealkylation sites (tertiary alicyclic amines) is 1. The first kappa shape index (κ1) is 8.96. The van der Waals surface area contributed by atoms with Crippen LogP contribution in [-0.2, 0) is 0 Å². The highest BCUT2D eigenvalue weighted by molar-refractivity contribution is 14.1. The summed E-state index contributed by atoms with van der Waals surface area (Å²) >= 11 is 4.91. The summed E-state index contributed by atoms with van der Waals surface area (Å²) in [6.45, 7) is 7.56. The summed E-state index contributed by atoms with van der Waals surface area (Å²) in [5.74, 6) is 0. The number of hydrogen-bond donors (Lipinski definition) is 0. The second-order valence-corrected chi connectivity index (χ2v) is 6.93. The van der Waals surface area contributed by atoms with E-state index in [2.05, 4.69) is 60.4 Å². The Morgan fingerprint density at radius 3 is 2.18 bits per heavy atom. The number of halogens is 2. The van der Waals surface area contributed by atoms with E-state index in [1.165, 1.54) is 26.2 Å². The molecule has 2 nitrogen and oxygen atoms in total. The van der Waals surface area contributed by atoms with E-state index in [-0.39, 0.29) is 0 Å². The molecule has 11 heavy (non-hydrogen) atoms. The van der Waals surface area contributed by atoms with Crippen molar-refractivity contribution in [3.05, 3.63) is 0 Å². The maximum atomic E-state index is 2.55. The molecule has 64 valence electrons. The first-order valence-electron chi connectivity index (χ1n) is 3.90. The molecule has 0 aromatic rings. The van der Waals surface area contributed by atoms with Gasteiger partial charge in [-0.05, 0) is 6.92 Å². The Morgan fingerprint density at radius 1 is 1.27 bits per heavy atom. The van der Waals surface area contributed by atoms with Gasteiger partial charge < -0.3 is 0 Å². The lowest BCUT2D eigenvalue weighted by molar-refractivity contribution is -0.0703. The van der Waals surface area contributed by atoms with Crippen molar-refractivity contribution >= 4 is 45.5 Å². The fourth-order valence-corrected chi connectivity index (χ4v) is 3.79. The molecule has 0 bridgehead atoms. The zero-order chi connectivity index (χ0) is 8.06. The predicted molar refractivity (Wildman–Crippen MR) is 63.1 cm³/mol. The monoisotopic (exact) mass is 378 g/mol. The van der Waals surface area contributed by atoms with E-state index in [4.69, 9.17) is 0 Å². The first-order valence-corrected chi connectivity index (χ1v) is 6.11. The van der Waals surface area contributed by atoms with Crippen LogP contribution in [0.4, 0.5) is 0 Å². The second kappa shape index (κ2) is 2.95. The van der Waals surface area contributed by atoms with Crippen LogP contribution >= 0.6 is 45.5 Å². The molecule has 1 atom stereocenters. The average Bonchev–Trinajstić information content (AvgIpc) is 1.73. The van der Waals surface area contributed by atoms with Crippen molar-refractivity contribution in [2.24, 2.45) is 5.41 Å². The number of nitrogens with zero attached hydrogens (tertiary/aromatic N) is 2. The summed E-state index contributed by atoms with van der Waals surface area (Å²) < 4.78 is 3.11. The molecule has 2 fully saturated rings. The molecule has 1 spiro atoms. The molecule has 0 saturated carbocycles. The van der Waals surface area contributed by atoms with Gasteiger partial charge in [0.05, 0.1) is 4.05 Å². The molecule has 0 radical (unpaired) electrons. The van der Waals surface area contributed by atoms with Crippen LogP contribution in [0, 0.1) is 5.41 Å². The molecule has 2 aliphatic rings. The molecule has 4 heteroatoms. The lowest BCUT2D eigenvalue weighted by Gasteiger charge is -2.59. The Kier molecular flexibility index (Phi) is 2.40. The summed E-state index contributed by atoms with van der Waals surface area (Å²) in [5, 5.41) is 0. The summed E-state index contributed by atoms with van der Waals surface area (Å²) in [7, 11) is 0. The maximum Gasteiger partial charge on any atom is 0.0590 e. The van der Waals surface area contributed by atoms with Crippen molar-refractivity contribution < 1.29 is 0 Å². The molecule has 2 saturated heterocycles. The second-order valence-electron chi connectivity index (χ2n) is 3.76. The van der Waals surface area contributed by atoms with Gasteiger partial charge in [0.1, 0.15) is 0 Å². The highest BCUT2D eigenvalue weighted by atomic mass is 127. The normalized spacial score (nSPS) is 33.0. The van der Waals surface area contributed by atoms with E-state index in [1.807, 2.05) is 0 Å². The third-order valence-corrected chi connectivity index (χ3v) is 4.06. The number of hydrogen-bond acceptors (Lipinski definition) is 2. The SMILES string of the molecule is CC(I)N1CC2(CN(I)C2)C1. The third kappa shape index (κ3) is 1.55. The first-order chi connectivity index (χ1) is 5.11. The van der Waals surface area contributed by atoms with Crippen LogP contribution in [0.15, 0.2) is 0 Å². The Morgan fingerprint density at radius 2 is 1.82 bits per heavy atom. The highest BCUT2D eigenvalue weighted by Crippen LogP contribution is 2.42. The van der Waals surface area contributed by atoms with Crippen molar-refractivity contribution in [1.82, 2.24) is 8.01 Å². The van der Waals surface area contributed by atoms with Gasteiger partial charge in [0.15, 0.2) is 0 Å². The quantitative estimate of drug-likeness (QED) is 0.297. The van der Waals surface area contributed by atoms with E-state index in [0.29, 0.717) is 5.41 Å². The van der Waals surface area contributed by atoms with Gasteiger partial charge >= 0.3 is 0 Å². The average molecular weight is 378 g/mol. The maximum absolute atomic E-state index is 2.55. The van der Waals surface area contributed by atoms with Gasteiger partial charge in [0.25, 0.3) is 0 Å². The van der Waals surface area contributed by atoms with Crippen LogP contribution in [0.2, 0.25) is 0 Å². The van der Waals surface area contributed by atoms with E-state index < -0.39 is 0 Å². The van der Waals surface area contributed by atoms with Crippen molar-refractivity contribution in [3.63, 3.8) is 0 Å². The summed E-state index contributed by atoms with van der Waals surface area (Å²) in [6, 6.07) is 0. The summed E-state index contributed by atoms with van der Waals surface area (Å²) in [6.07, 6.45) is 0. The van der Waals surface area contributed by atoms with E-state index in [1.54, 1.807) is 0 Å². The van der Waals surface area contributed by atoms with Gasteiger partial charge in [-0.2, -0.15) is 0 Å². The lowest BCUT2D eigenvalue weighted by atomic mass is 9.74. The Balaban J connectivity index is 1.80. The molecule has 0 N–H and O–H groups in total. The number of rotatable bonds is 1. The van der Waals surface area contributed by atoms with Crippen LogP contribution in [0.3, 0.4) is 0 Å². The fraction of sp³-hybridized carbons (Fsp3) is 1.00. The van der Waals surface area contributed by atoms with Gasteiger partial charge in [-0.15, -0.1) is 0 Å². The fourth-order valence-electron chi connectivity index (χ4n) is 1.95. The van der Waals surface area contributed by atoms with Crippen molar-refractivity contribution in [2.45, 2.75) is 11.0 Å². The van der Waals surface area contributed by atoms with Gasteiger partial charge in [0, 0.05) is 54.5 Å². The van der Waals surface area contributed by atoms with Crippen LogP contribution in [0.25, 0.3) is 0 Å². The van der Waals surface area contributed by atoms with E-state index in [9.17, 15) is 0 Å². The highest BCUT2D eigenvalue weighted by Gasteiger charge is 2.51. The van der Waals surface area contributed by atoms with Gasteiger partial charge in [-0.25, -0.2) is 3.11 Å². The van der Waals surface area contributed by atoms with Crippen LogP contribution < -0.4 is 0 Å². The van der Waals surface area contributed by atoms with Gasteiger partial charge in [0.2, 0.25) is 0 Å². The molecule has 0 aliphatic carbocycles. The Labute approximate surface area is 95.3 Å². The van der Waals surface area contributed by atoms with Crippen molar-refractivity contribution in [1.29, 1.82) is 0 Å². The molecule has 2 rings (SSSR count). The molecule has 0 aromatic heterocycles. The third-order valence-electron chi connectivity index (χ3n) is 2.59. The molecule has 2 heterocycles. The van der Waals surface area contributed by atoms with E-state index in [0.717, 1.165) is 4.05 Å². The van der Waals surface area contributed by atoms with Crippen LogP contribution in [-0.4, -0.2) is 38.2 Å². The van der Waals surface area contributed by atoms with Gasteiger partial charge in [-0.1, -0.05) is 22.6 Å². The molecule has 0 aromatic carbocycles. The molecular weight excluding hydrogens is 366 g/mol. The zero-order valence-corrected chi connectivity index (χ0v) is 10.9. The molecular formula is C7H12I2N2.